The molecule has 0 atom stereocenters. The molecule has 1 fully saturated rings. The monoisotopic (exact) mass is 452 g/mol. The Morgan fingerprint density at radius 3 is 2.33 bits per heavy atom. The lowest BCUT2D eigenvalue weighted by atomic mass is 10.1. The van der Waals surface area contributed by atoms with Gasteiger partial charge in [-0.25, -0.2) is 4.68 Å². The molecule has 1 aromatic heterocycles. The number of hydrogen-bond acceptors (Lipinski definition) is 8. The number of hydrogen-bond donors (Lipinski definition) is 0. The molecule has 0 N–H and O–H groups in total. The van der Waals surface area contributed by atoms with Gasteiger partial charge in [-0.1, -0.05) is 6.07 Å². The van der Waals surface area contributed by atoms with Crippen molar-refractivity contribution < 1.29 is 19.0 Å². The predicted molar refractivity (Wildman–Crippen MR) is 121 cm³/mol. The second-order valence-corrected chi connectivity index (χ2v) is 7.82. The highest BCUT2D eigenvalue weighted by atomic mass is 16.5. The Kier molecular flexibility index (Phi) is 6.74. The smallest absolute Gasteiger partial charge is 0.253 e. The summed E-state index contributed by atoms with van der Waals surface area (Å²) in [7, 11) is 4.84. The maximum atomic E-state index is 13.1. The van der Waals surface area contributed by atoms with E-state index >= 15 is 0 Å². The number of carbonyl (C=O) groups excluding carboxylic acids is 1. The molecule has 0 unspecified atom stereocenters. The first-order valence-corrected chi connectivity index (χ1v) is 10.7. The van der Waals surface area contributed by atoms with E-state index in [2.05, 4.69) is 20.4 Å². The van der Waals surface area contributed by atoms with Crippen LogP contribution in [0.1, 0.15) is 21.5 Å². The Morgan fingerprint density at radius 2 is 1.73 bits per heavy atom. The van der Waals surface area contributed by atoms with Crippen LogP contribution in [0.3, 0.4) is 0 Å². The summed E-state index contributed by atoms with van der Waals surface area (Å²) in [5.74, 6) is 1.93. The number of ether oxygens (including phenoxy) is 3. The number of amides is 1. The highest BCUT2D eigenvalue weighted by Crippen LogP contribution is 2.40. The minimum Gasteiger partial charge on any atom is -0.493 e. The molecule has 0 radical (unpaired) electrons. The SMILES string of the molecule is COc1ccc(CN2CCN(C(=O)c3ccc(-n4cnnn4)c(C)c3)CC2)c(OC)c1OC. The van der Waals surface area contributed by atoms with E-state index in [4.69, 9.17) is 14.2 Å². The Balaban J connectivity index is 1.40. The van der Waals surface area contributed by atoms with Gasteiger partial charge in [-0.2, -0.15) is 0 Å². The molecule has 174 valence electrons. The van der Waals surface area contributed by atoms with E-state index in [1.165, 1.54) is 6.33 Å². The van der Waals surface area contributed by atoms with Crippen molar-refractivity contribution in [3.05, 3.63) is 53.3 Å². The molecule has 0 aliphatic carbocycles. The van der Waals surface area contributed by atoms with Crippen LogP contribution in [-0.2, 0) is 6.54 Å². The summed E-state index contributed by atoms with van der Waals surface area (Å²) in [5.41, 5.74) is 3.47. The van der Waals surface area contributed by atoms with Crippen LogP contribution in [0.15, 0.2) is 36.7 Å². The normalized spacial score (nSPS) is 14.2. The summed E-state index contributed by atoms with van der Waals surface area (Å²) in [4.78, 5) is 17.3. The van der Waals surface area contributed by atoms with E-state index in [0.29, 0.717) is 42.4 Å². The van der Waals surface area contributed by atoms with Gasteiger partial charge in [0.2, 0.25) is 5.75 Å². The number of tetrazole rings is 1. The van der Waals surface area contributed by atoms with E-state index < -0.39 is 0 Å². The van der Waals surface area contributed by atoms with Gasteiger partial charge in [0.05, 0.1) is 27.0 Å². The largest absolute Gasteiger partial charge is 0.493 e. The first-order chi connectivity index (χ1) is 16.0. The first-order valence-electron chi connectivity index (χ1n) is 10.7. The van der Waals surface area contributed by atoms with Gasteiger partial charge in [0, 0.05) is 43.9 Å². The van der Waals surface area contributed by atoms with E-state index in [0.717, 1.165) is 29.9 Å². The van der Waals surface area contributed by atoms with Crippen molar-refractivity contribution in [2.45, 2.75) is 13.5 Å². The molecule has 3 aromatic rings. The molecular formula is C23H28N6O4. The molecule has 2 heterocycles. The molecule has 0 spiro atoms. The number of nitrogens with zero attached hydrogens (tertiary/aromatic N) is 6. The second kappa shape index (κ2) is 9.86. The summed E-state index contributed by atoms with van der Waals surface area (Å²) in [6.45, 7) is 5.49. The average Bonchev–Trinajstić information content (AvgIpc) is 3.38. The average molecular weight is 453 g/mol. The van der Waals surface area contributed by atoms with Crippen molar-refractivity contribution in [1.82, 2.24) is 30.0 Å². The second-order valence-electron chi connectivity index (χ2n) is 7.82. The summed E-state index contributed by atoms with van der Waals surface area (Å²) in [5, 5.41) is 11.3. The Bertz CT molecular complexity index is 1110. The minimum atomic E-state index is 0.0321. The number of aryl methyl sites for hydroxylation is 1. The number of methoxy groups -OCH3 is 3. The van der Waals surface area contributed by atoms with Crippen LogP contribution in [0.25, 0.3) is 5.69 Å². The van der Waals surface area contributed by atoms with Gasteiger partial charge >= 0.3 is 0 Å². The van der Waals surface area contributed by atoms with Crippen LogP contribution in [0, 0.1) is 6.92 Å². The molecule has 10 heteroatoms. The maximum absolute atomic E-state index is 13.1. The van der Waals surface area contributed by atoms with Crippen LogP contribution in [0.4, 0.5) is 0 Å². The molecule has 1 aliphatic rings. The summed E-state index contributed by atoms with van der Waals surface area (Å²) in [6, 6.07) is 9.47. The summed E-state index contributed by atoms with van der Waals surface area (Å²) >= 11 is 0. The minimum absolute atomic E-state index is 0.0321. The Morgan fingerprint density at radius 1 is 0.970 bits per heavy atom. The molecule has 1 saturated heterocycles. The molecule has 0 bridgehead atoms. The molecule has 4 rings (SSSR count). The lowest BCUT2D eigenvalue weighted by molar-refractivity contribution is 0.0627. The fraction of sp³-hybridized carbons (Fsp3) is 0.391. The zero-order valence-corrected chi connectivity index (χ0v) is 19.3. The lowest BCUT2D eigenvalue weighted by Gasteiger charge is -2.35. The van der Waals surface area contributed by atoms with Crippen LogP contribution < -0.4 is 14.2 Å². The number of piperazine rings is 1. The van der Waals surface area contributed by atoms with Crippen LogP contribution in [0.2, 0.25) is 0 Å². The van der Waals surface area contributed by atoms with Crippen LogP contribution in [0.5, 0.6) is 17.2 Å². The molecule has 0 saturated carbocycles. The van der Waals surface area contributed by atoms with Crippen molar-refractivity contribution in [3.8, 4) is 22.9 Å². The van der Waals surface area contributed by atoms with Crippen LogP contribution in [-0.4, -0.2) is 83.4 Å². The van der Waals surface area contributed by atoms with Gasteiger partial charge in [-0.05, 0) is 47.2 Å². The quantitative estimate of drug-likeness (QED) is 0.537. The Hall–Kier alpha value is -3.66. The molecule has 33 heavy (non-hydrogen) atoms. The number of benzene rings is 2. The fourth-order valence-electron chi connectivity index (χ4n) is 4.14. The van der Waals surface area contributed by atoms with Crippen molar-refractivity contribution in [2.24, 2.45) is 0 Å². The fourth-order valence-corrected chi connectivity index (χ4v) is 4.14. The maximum Gasteiger partial charge on any atom is 0.253 e. The van der Waals surface area contributed by atoms with Crippen molar-refractivity contribution in [2.75, 3.05) is 47.5 Å². The van der Waals surface area contributed by atoms with Gasteiger partial charge in [-0.15, -0.1) is 5.10 Å². The lowest BCUT2D eigenvalue weighted by Crippen LogP contribution is -2.48. The highest BCUT2D eigenvalue weighted by molar-refractivity contribution is 5.94. The number of carbonyl (C=O) groups is 1. The van der Waals surface area contributed by atoms with Crippen molar-refractivity contribution in [3.63, 3.8) is 0 Å². The van der Waals surface area contributed by atoms with Crippen molar-refractivity contribution >= 4 is 5.91 Å². The van der Waals surface area contributed by atoms with Crippen LogP contribution >= 0.6 is 0 Å². The third-order valence-electron chi connectivity index (χ3n) is 5.88. The molecule has 1 amide bonds. The number of rotatable bonds is 7. The molecule has 10 nitrogen and oxygen atoms in total. The van der Waals surface area contributed by atoms with Gasteiger partial charge in [-0.3, -0.25) is 9.69 Å². The topological polar surface area (TPSA) is 94.8 Å². The third-order valence-corrected chi connectivity index (χ3v) is 5.88. The van der Waals surface area contributed by atoms with Crippen molar-refractivity contribution in [1.29, 1.82) is 0 Å². The van der Waals surface area contributed by atoms with E-state index in [9.17, 15) is 4.79 Å². The zero-order chi connectivity index (χ0) is 23.4. The standard InChI is InChI=1S/C23H28N6O4/c1-16-13-17(5-7-19(16)29-15-24-25-26-29)23(30)28-11-9-27(10-12-28)14-18-6-8-20(31-2)22(33-4)21(18)32-3/h5-8,13,15H,9-12,14H2,1-4H3. The highest BCUT2D eigenvalue weighted by Gasteiger charge is 2.24. The number of aromatic nitrogens is 4. The zero-order valence-electron chi connectivity index (χ0n) is 19.3. The predicted octanol–water partition coefficient (Wildman–Crippen LogP) is 1.95. The molecule has 2 aromatic carbocycles. The summed E-state index contributed by atoms with van der Waals surface area (Å²) in [6.07, 6.45) is 1.54. The van der Waals surface area contributed by atoms with Gasteiger partial charge in [0.1, 0.15) is 6.33 Å². The first kappa shape index (κ1) is 22.5. The van der Waals surface area contributed by atoms with Gasteiger partial charge in [0.25, 0.3) is 5.91 Å². The summed E-state index contributed by atoms with van der Waals surface area (Å²) < 4.78 is 18.1. The van der Waals surface area contributed by atoms with E-state index in [1.807, 2.05) is 42.2 Å². The van der Waals surface area contributed by atoms with Gasteiger partial charge in [0.15, 0.2) is 11.5 Å². The molecular weight excluding hydrogens is 424 g/mol. The van der Waals surface area contributed by atoms with E-state index in [1.54, 1.807) is 26.0 Å². The van der Waals surface area contributed by atoms with E-state index in [-0.39, 0.29) is 5.91 Å². The molecule has 1 aliphatic heterocycles. The van der Waals surface area contributed by atoms with Gasteiger partial charge < -0.3 is 19.1 Å². The Labute approximate surface area is 192 Å². The third kappa shape index (κ3) is 4.61.